The van der Waals surface area contributed by atoms with Crippen LogP contribution in [0.3, 0.4) is 0 Å². The van der Waals surface area contributed by atoms with Crippen molar-refractivity contribution in [3.63, 3.8) is 0 Å². The molecule has 0 aliphatic heterocycles. The van der Waals surface area contributed by atoms with E-state index in [0.717, 1.165) is 22.2 Å². The minimum absolute atomic E-state index is 0.0156. The van der Waals surface area contributed by atoms with Gasteiger partial charge < -0.3 is 5.11 Å². The van der Waals surface area contributed by atoms with Crippen molar-refractivity contribution in [2.75, 3.05) is 0 Å². The standard InChI is InChI=1S/C17H16N2O3/c1-18-14-7-2-3-8-15(14)19(17(18)22)11-13-6-4-5-12(9-13)10-16(20)21/h2-9H,10-11H2,1H3,(H,20,21). The van der Waals surface area contributed by atoms with Crippen molar-refractivity contribution in [2.45, 2.75) is 13.0 Å². The smallest absolute Gasteiger partial charge is 0.329 e. The molecule has 0 radical (unpaired) electrons. The molecule has 0 atom stereocenters. The lowest BCUT2D eigenvalue weighted by Gasteiger charge is -2.05. The molecule has 112 valence electrons. The van der Waals surface area contributed by atoms with Crippen molar-refractivity contribution in [1.29, 1.82) is 0 Å². The van der Waals surface area contributed by atoms with Gasteiger partial charge in [-0.2, -0.15) is 0 Å². The number of imidazole rings is 1. The molecule has 0 aliphatic rings. The van der Waals surface area contributed by atoms with Crippen molar-refractivity contribution in [3.8, 4) is 0 Å². The van der Waals surface area contributed by atoms with E-state index in [1.165, 1.54) is 0 Å². The average Bonchev–Trinajstić information content (AvgIpc) is 2.73. The first kappa shape index (κ1) is 14.1. The Labute approximate surface area is 127 Å². The van der Waals surface area contributed by atoms with Crippen LogP contribution in [-0.4, -0.2) is 20.2 Å². The number of aliphatic carboxylic acids is 1. The highest BCUT2D eigenvalue weighted by Gasteiger charge is 2.10. The fourth-order valence-electron chi connectivity index (χ4n) is 2.71. The zero-order chi connectivity index (χ0) is 15.7. The lowest BCUT2D eigenvalue weighted by Crippen LogP contribution is -2.22. The molecule has 0 fully saturated rings. The highest BCUT2D eigenvalue weighted by Crippen LogP contribution is 2.14. The van der Waals surface area contributed by atoms with Crippen LogP contribution >= 0.6 is 0 Å². The Balaban J connectivity index is 2.02. The predicted octanol–water partition coefficient (Wildman–Crippen LogP) is 2.02. The summed E-state index contributed by atoms with van der Waals surface area (Å²) in [5, 5.41) is 8.88. The van der Waals surface area contributed by atoms with Gasteiger partial charge in [0.05, 0.1) is 24.0 Å². The van der Waals surface area contributed by atoms with Crippen LogP contribution < -0.4 is 5.69 Å². The van der Waals surface area contributed by atoms with Gasteiger partial charge in [-0.25, -0.2) is 4.79 Å². The molecule has 0 aliphatic carbocycles. The first-order valence-corrected chi connectivity index (χ1v) is 7.00. The van der Waals surface area contributed by atoms with Gasteiger partial charge in [-0.15, -0.1) is 0 Å². The number of hydrogen-bond donors (Lipinski definition) is 1. The van der Waals surface area contributed by atoms with E-state index in [1.54, 1.807) is 22.2 Å². The highest BCUT2D eigenvalue weighted by molar-refractivity contribution is 5.76. The molecule has 0 spiro atoms. The molecule has 5 nitrogen and oxygen atoms in total. The maximum atomic E-state index is 12.4. The Morgan fingerprint density at radius 2 is 1.73 bits per heavy atom. The average molecular weight is 296 g/mol. The SMILES string of the molecule is Cn1c(=O)n(Cc2cccc(CC(=O)O)c2)c2ccccc21. The van der Waals surface area contributed by atoms with E-state index in [1.807, 2.05) is 42.5 Å². The number of nitrogens with zero attached hydrogens (tertiary/aromatic N) is 2. The Kier molecular flexibility index (Phi) is 3.55. The Morgan fingerprint density at radius 3 is 2.45 bits per heavy atom. The summed E-state index contributed by atoms with van der Waals surface area (Å²) in [4.78, 5) is 23.2. The molecule has 22 heavy (non-hydrogen) atoms. The third-order valence-electron chi connectivity index (χ3n) is 3.74. The second-order valence-corrected chi connectivity index (χ2v) is 5.31. The van der Waals surface area contributed by atoms with Gasteiger partial charge in [0.2, 0.25) is 0 Å². The fraction of sp³-hybridized carbons (Fsp3) is 0.176. The third-order valence-corrected chi connectivity index (χ3v) is 3.74. The van der Waals surface area contributed by atoms with Gasteiger partial charge in [0.1, 0.15) is 0 Å². The van der Waals surface area contributed by atoms with Gasteiger partial charge in [0, 0.05) is 7.05 Å². The molecule has 0 bridgehead atoms. The molecule has 3 rings (SSSR count). The summed E-state index contributed by atoms with van der Waals surface area (Å²) in [5.41, 5.74) is 3.33. The molecule has 1 aromatic heterocycles. The summed E-state index contributed by atoms with van der Waals surface area (Å²) in [6.07, 6.45) is -0.0156. The predicted molar refractivity (Wildman–Crippen MR) is 84.1 cm³/mol. The molecule has 3 aromatic rings. The molecule has 5 heteroatoms. The highest BCUT2D eigenvalue weighted by atomic mass is 16.4. The lowest BCUT2D eigenvalue weighted by atomic mass is 10.1. The summed E-state index contributed by atoms with van der Waals surface area (Å²) in [5.74, 6) is -0.862. The first-order valence-electron chi connectivity index (χ1n) is 7.00. The minimum Gasteiger partial charge on any atom is -0.481 e. The molecule has 1 N–H and O–H groups in total. The number of carboxylic acid groups (broad SMARTS) is 1. The Bertz CT molecular complexity index is 906. The molecule has 2 aromatic carbocycles. The number of benzene rings is 2. The molecule has 0 amide bonds. The number of aromatic nitrogens is 2. The Morgan fingerprint density at radius 1 is 1.05 bits per heavy atom. The maximum absolute atomic E-state index is 12.4. The second-order valence-electron chi connectivity index (χ2n) is 5.31. The number of para-hydroxylation sites is 2. The number of carbonyl (C=O) groups is 1. The molecule has 0 saturated heterocycles. The molecule has 0 unspecified atom stereocenters. The van der Waals surface area contributed by atoms with Crippen LogP contribution in [0.25, 0.3) is 11.0 Å². The van der Waals surface area contributed by atoms with Gasteiger partial charge in [0.25, 0.3) is 0 Å². The largest absolute Gasteiger partial charge is 0.481 e. The monoisotopic (exact) mass is 296 g/mol. The summed E-state index contributed by atoms with van der Waals surface area (Å²) in [6.45, 7) is 0.424. The van der Waals surface area contributed by atoms with Crippen LogP contribution in [0, 0.1) is 0 Å². The molecule has 1 heterocycles. The number of fused-ring (bicyclic) bond motifs is 1. The topological polar surface area (TPSA) is 64.2 Å². The van der Waals surface area contributed by atoms with Crippen LogP contribution in [0.2, 0.25) is 0 Å². The van der Waals surface area contributed by atoms with E-state index >= 15 is 0 Å². The summed E-state index contributed by atoms with van der Waals surface area (Å²) in [7, 11) is 1.75. The van der Waals surface area contributed by atoms with Crippen LogP contribution in [0.15, 0.2) is 53.3 Å². The van der Waals surface area contributed by atoms with E-state index < -0.39 is 5.97 Å². The lowest BCUT2D eigenvalue weighted by molar-refractivity contribution is -0.136. The quantitative estimate of drug-likeness (QED) is 0.801. The van der Waals surface area contributed by atoms with Crippen LogP contribution in [0.5, 0.6) is 0 Å². The van der Waals surface area contributed by atoms with Crippen LogP contribution in [0.1, 0.15) is 11.1 Å². The van der Waals surface area contributed by atoms with E-state index in [4.69, 9.17) is 5.11 Å². The normalized spacial score (nSPS) is 11.0. The van der Waals surface area contributed by atoms with Gasteiger partial charge >= 0.3 is 11.7 Å². The van der Waals surface area contributed by atoms with E-state index in [-0.39, 0.29) is 12.1 Å². The van der Waals surface area contributed by atoms with E-state index in [0.29, 0.717) is 6.54 Å². The second kappa shape index (κ2) is 5.52. The van der Waals surface area contributed by atoms with Crippen molar-refractivity contribution >= 4 is 17.0 Å². The van der Waals surface area contributed by atoms with Gasteiger partial charge in [0.15, 0.2) is 0 Å². The van der Waals surface area contributed by atoms with Crippen molar-refractivity contribution < 1.29 is 9.90 Å². The molecular weight excluding hydrogens is 280 g/mol. The van der Waals surface area contributed by atoms with Crippen molar-refractivity contribution in [3.05, 3.63) is 70.1 Å². The molecule has 0 saturated carbocycles. The Hall–Kier alpha value is -2.82. The van der Waals surface area contributed by atoms with Crippen LogP contribution in [-0.2, 0) is 24.8 Å². The van der Waals surface area contributed by atoms with E-state index in [2.05, 4.69) is 0 Å². The zero-order valence-corrected chi connectivity index (χ0v) is 12.2. The van der Waals surface area contributed by atoms with Gasteiger partial charge in [-0.3, -0.25) is 13.9 Å². The van der Waals surface area contributed by atoms with Crippen LogP contribution in [0.4, 0.5) is 0 Å². The minimum atomic E-state index is -0.862. The summed E-state index contributed by atoms with van der Waals surface area (Å²) >= 11 is 0. The number of hydrogen-bond acceptors (Lipinski definition) is 2. The zero-order valence-electron chi connectivity index (χ0n) is 12.2. The fourth-order valence-corrected chi connectivity index (χ4v) is 2.71. The summed E-state index contributed by atoms with van der Waals surface area (Å²) in [6, 6.07) is 15.0. The number of carboxylic acids is 1. The van der Waals surface area contributed by atoms with Gasteiger partial charge in [-0.1, -0.05) is 36.4 Å². The number of rotatable bonds is 4. The first-order chi connectivity index (χ1) is 10.6. The summed E-state index contributed by atoms with van der Waals surface area (Å²) < 4.78 is 3.33. The molecular formula is C17H16N2O3. The number of aryl methyl sites for hydroxylation is 1. The van der Waals surface area contributed by atoms with Crippen molar-refractivity contribution in [1.82, 2.24) is 9.13 Å². The maximum Gasteiger partial charge on any atom is 0.329 e. The van der Waals surface area contributed by atoms with Crippen molar-refractivity contribution in [2.24, 2.45) is 7.05 Å². The van der Waals surface area contributed by atoms with E-state index in [9.17, 15) is 9.59 Å². The third kappa shape index (κ3) is 2.53. The van der Waals surface area contributed by atoms with Gasteiger partial charge in [-0.05, 0) is 23.3 Å².